The molecule has 1 saturated carbocycles. The number of rotatable bonds is 2. The molecule has 1 heterocycles. The van der Waals surface area contributed by atoms with Gasteiger partial charge in [-0.15, -0.1) is 0 Å². The Bertz CT molecular complexity index is 633. The Kier molecular flexibility index (Phi) is 2.32. The molecule has 0 amide bonds. The van der Waals surface area contributed by atoms with Crippen molar-refractivity contribution in [2.45, 2.75) is 39.2 Å². The Morgan fingerprint density at radius 2 is 2.12 bits per heavy atom. The van der Waals surface area contributed by atoms with Crippen LogP contribution in [0, 0.1) is 12.3 Å². The van der Waals surface area contributed by atoms with Crippen LogP contribution in [0.5, 0.6) is 0 Å². The van der Waals surface area contributed by atoms with Gasteiger partial charge < -0.3 is 4.57 Å². The summed E-state index contributed by atoms with van der Waals surface area (Å²) >= 11 is 0. The van der Waals surface area contributed by atoms with E-state index >= 15 is 0 Å². The molecular formula is C15H18N2. The predicted octanol–water partition coefficient (Wildman–Crippen LogP) is 3.33. The van der Waals surface area contributed by atoms with Crippen LogP contribution in [0.15, 0.2) is 24.3 Å². The number of fused-ring (bicyclic) bond motifs is 1. The highest BCUT2D eigenvalue weighted by Gasteiger charge is 2.26. The molecule has 1 aromatic heterocycles. The van der Waals surface area contributed by atoms with Crippen LogP contribution in [-0.2, 0) is 6.42 Å². The second-order valence-corrected chi connectivity index (χ2v) is 4.98. The van der Waals surface area contributed by atoms with Crippen LogP contribution >= 0.6 is 0 Å². The lowest BCUT2D eigenvalue weighted by Gasteiger charge is -2.15. The summed E-state index contributed by atoms with van der Waals surface area (Å²) in [4.78, 5) is 0. The average molecular weight is 226 g/mol. The summed E-state index contributed by atoms with van der Waals surface area (Å²) in [6, 6.07) is 9.15. The molecule has 0 spiro atoms. The first kappa shape index (κ1) is 10.6. The number of hydrogen-bond donors (Lipinski definition) is 1. The summed E-state index contributed by atoms with van der Waals surface area (Å²) < 4.78 is 2.25. The minimum atomic E-state index is 0.585. The molecular weight excluding hydrogens is 208 g/mol. The van der Waals surface area contributed by atoms with Crippen LogP contribution in [-0.4, -0.2) is 4.57 Å². The first-order valence-electron chi connectivity index (χ1n) is 6.40. The lowest BCUT2D eigenvalue weighted by molar-refractivity contribution is 0.652. The van der Waals surface area contributed by atoms with Gasteiger partial charge in [-0.25, -0.2) is 0 Å². The fraction of sp³-hybridized carbons (Fsp3) is 0.400. The zero-order valence-corrected chi connectivity index (χ0v) is 10.5. The van der Waals surface area contributed by atoms with Gasteiger partial charge in [-0.1, -0.05) is 25.1 Å². The molecule has 0 saturated heterocycles. The van der Waals surface area contributed by atoms with Gasteiger partial charge in [0.1, 0.15) is 5.49 Å². The number of pyridine rings is 1. The van der Waals surface area contributed by atoms with Crippen molar-refractivity contribution in [3.05, 3.63) is 41.0 Å². The highest BCUT2D eigenvalue weighted by atomic mass is 15.1. The molecule has 2 aromatic rings. The Labute approximate surface area is 101 Å². The first-order valence-corrected chi connectivity index (χ1v) is 6.40. The fourth-order valence-electron chi connectivity index (χ4n) is 2.67. The van der Waals surface area contributed by atoms with Gasteiger partial charge in [0.25, 0.3) is 0 Å². The van der Waals surface area contributed by atoms with E-state index in [0.29, 0.717) is 11.5 Å². The Balaban J connectivity index is 2.42. The van der Waals surface area contributed by atoms with Crippen LogP contribution < -0.4 is 5.49 Å². The van der Waals surface area contributed by atoms with E-state index in [2.05, 4.69) is 42.7 Å². The molecule has 1 aliphatic rings. The number of benzene rings is 1. The lowest BCUT2D eigenvalue weighted by atomic mass is 10.1. The SMILES string of the molecule is CCc1cc2cccc(C)c2c(=N)n1C1CC1. The van der Waals surface area contributed by atoms with Crippen molar-refractivity contribution < 1.29 is 0 Å². The van der Waals surface area contributed by atoms with E-state index in [1.807, 2.05) is 0 Å². The van der Waals surface area contributed by atoms with Crippen LogP contribution in [0.3, 0.4) is 0 Å². The summed E-state index contributed by atoms with van der Waals surface area (Å²) in [5.41, 5.74) is 3.22. The van der Waals surface area contributed by atoms with Crippen LogP contribution in [0.4, 0.5) is 0 Å². The first-order chi connectivity index (χ1) is 8.22. The minimum Gasteiger partial charge on any atom is -0.327 e. The van der Waals surface area contributed by atoms with Crippen molar-refractivity contribution in [2.24, 2.45) is 0 Å². The summed E-state index contributed by atoms with van der Waals surface area (Å²) in [6.45, 7) is 4.28. The van der Waals surface area contributed by atoms with Crippen LogP contribution in [0.1, 0.15) is 37.1 Å². The van der Waals surface area contributed by atoms with Gasteiger partial charge in [0.2, 0.25) is 0 Å². The van der Waals surface area contributed by atoms with Crippen molar-refractivity contribution >= 4 is 10.8 Å². The number of hydrogen-bond acceptors (Lipinski definition) is 1. The van der Waals surface area contributed by atoms with Crippen LogP contribution in [0.2, 0.25) is 0 Å². The maximum absolute atomic E-state index is 8.46. The van der Waals surface area contributed by atoms with Crippen LogP contribution in [0.25, 0.3) is 10.8 Å². The van der Waals surface area contributed by atoms with E-state index in [-0.39, 0.29) is 0 Å². The number of nitrogens with one attached hydrogen (secondary N) is 1. The van der Waals surface area contributed by atoms with Gasteiger partial charge in [0, 0.05) is 17.1 Å². The van der Waals surface area contributed by atoms with Gasteiger partial charge >= 0.3 is 0 Å². The van der Waals surface area contributed by atoms with E-state index in [4.69, 9.17) is 5.41 Å². The molecule has 0 bridgehead atoms. The Morgan fingerprint density at radius 3 is 2.76 bits per heavy atom. The normalized spacial score (nSPS) is 15.4. The third-order valence-electron chi connectivity index (χ3n) is 3.69. The van der Waals surface area contributed by atoms with E-state index in [1.54, 1.807) is 0 Å². The predicted molar refractivity (Wildman–Crippen MR) is 70.2 cm³/mol. The maximum atomic E-state index is 8.46. The molecule has 1 aromatic carbocycles. The van der Waals surface area contributed by atoms with Gasteiger partial charge in [0.15, 0.2) is 0 Å². The second kappa shape index (κ2) is 3.73. The Morgan fingerprint density at radius 1 is 1.35 bits per heavy atom. The molecule has 2 nitrogen and oxygen atoms in total. The van der Waals surface area contributed by atoms with Crippen molar-refractivity contribution in [3.63, 3.8) is 0 Å². The van der Waals surface area contributed by atoms with Gasteiger partial charge in [-0.3, -0.25) is 5.41 Å². The standard InChI is InChI=1S/C15H18N2/c1-3-12-9-11-6-4-5-10(2)14(11)15(16)17(12)13-7-8-13/h4-6,9,13,16H,3,7-8H2,1-2H3. The molecule has 1 aliphatic carbocycles. The fourth-order valence-corrected chi connectivity index (χ4v) is 2.67. The van der Waals surface area contributed by atoms with Crippen molar-refractivity contribution in [2.75, 3.05) is 0 Å². The largest absolute Gasteiger partial charge is 0.327 e. The molecule has 2 heteroatoms. The summed E-state index contributed by atoms with van der Waals surface area (Å²) in [5, 5.41) is 10.8. The second-order valence-electron chi connectivity index (χ2n) is 4.98. The monoisotopic (exact) mass is 226 g/mol. The van der Waals surface area contributed by atoms with E-state index in [1.165, 1.54) is 29.5 Å². The topological polar surface area (TPSA) is 28.8 Å². The maximum Gasteiger partial charge on any atom is 0.133 e. The molecule has 0 aliphatic heterocycles. The van der Waals surface area contributed by atoms with Crippen molar-refractivity contribution in [3.8, 4) is 0 Å². The zero-order chi connectivity index (χ0) is 12.0. The molecule has 17 heavy (non-hydrogen) atoms. The number of nitrogens with zero attached hydrogens (tertiary/aromatic N) is 1. The van der Waals surface area contributed by atoms with E-state index < -0.39 is 0 Å². The van der Waals surface area contributed by atoms with Gasteiger partial charge in [-0.2, -0.15) is 0 Å². The molecule has 1 fully saturated rings. The third-order valence-corrected chi connectivity index (χ3v) is 3.69. The average Bonchev–Trinajstić information content (AvgIpc) is 3.12. The molecule has 1 N–H and O–H groups in total. The Hall–Kier alpha value is -1.57. The highest BCUT2D eigenvalue weighted by molar-refractivity contribution is 5.84. The molecule has 88 valence electrons. The molecule has 0 radical (unpaired) electrons. The summed E-state index contributed by atoms with van der Waals surface area (Å²) in [5.74, 6) is 0. The zero-order valence-electron chi connectivity index (χ0n) is 10.5. The van der Waals surface area contributed by atoms with E-state index in [0.717, 1.165) is 11.8 Å². The van der Waals surface area contributed by atoms with Gasteiger partial charge in [0.05, 0.1) is 0 Å². The summed E-state index contributed by atoms with van der Waals surface area (Å²) in [6.07, 6.45) is 3.48. The third kappa shape index (κ3) is 1.59. The molecule has 3 rings (SSSR count). The van der Waals surface area contributed by atoms with E-state index in [9.17, 15) is 0 Å². The van der Waals surface area contributed by atoms with Gasteiger partial charge in [-0.05, 0) is 43.2 Å². The number of aryl methyl sites for hydroxylation is 2. The summed E-state index contributed by atoms with van der Waals surface area (Å²) in [7, 11) is 0. The number of aromatic nitrogens is 1. The van der Waals surface area contributed by atoms with Crippen molar-refractivity contribution in [1.29, 1.82) is 5.41 Å². The molecule has 0 unspecified atom stereocenters. The smallest absolute Gasteiger partial charge is 0.133 e. The highest BCUT2D eigenvalue weighted by Crippen LogP contribution is 2.35. The quantitative estimate of drug-likeness (QED) is 0.814. The molecule has 0 atom stereocenters. The minimum absolute atomic E-state index is 0.585. The van der Waals surface area contributed by atoms with Crippen molar-refractivity contribution in [1.82, 2.24) is 4.57 Å². The lowest BCUT2D eigenvalue weighted by Crippen LogP contribution is -2.23.